The minimum Gasteiger partial charge on any atom is -0.481 e. The van der Waals surface area contributed by atoms with E-state index in [-0.39, 0.29) is 21.5 Å². The van der Waals surface area contributed by atoms with E-state index in [2.05, 4.69) is 20.5 Å². The van der Waals surface area contributed by atoms with Gasteiger partial charge in [0.15, 0.2) is 4.34 Å². The number of hydrogen-bond donors (Lipinski definition) is 2. The molecular formula is C10H7ClN4O3S2. The third-order valence-electron chi connectivity index (χ3n) is 1.96. The first-order valence-electron chi connectivity index (χ1n) is 5.15. The van der Waals surface area contributed by atoms with Gasteiger partial charge in [0.1, 0.15) is 0 Å². The van der Waals surface area contributed by atoms with E-state index in [1.807, 2.05) is 0 Å². The number of amides is 1. The van der Waals surface area contributed by atoms with Crippen LogP contribution in [0, 0.1) is 0 Å². The second-order valence-electron chi connectivity index (χ2n) is 3.37. The summed E-state index contributed by atoms with van der Waals surface area (Å²) in [5.74, 6) is -1.48. The zero-order valence-corrected chi connectivity index (χ0v) is 12.1. The summed E-state index contributed by atoms with van der Waals surface area (Å²) >= 11 is 7.97. The zero-order valence-electron chi connectivity index (χ0n) is 9.74. The van der Waals surface area contributed by atoms with Crippen LogP contribution in [0.15, 0.2) is 22.8 Å². The Morgan fingerprint density at radius 1 is 1.45 bits per heavy atom. The molecule has 7 nitrogen and oxygen atoms in total. The number of carbonyl (C=O) groups is 2. The van der Waals surface area contributed by atoms with Gasteiger partial charge in [-0.2, -0.15) is 0 Å². The van der Waals surface area contributed by atoms with E-state index in [9.17, 15) is 9.59 Å². The largest absolute Gasteiger partial charge is 0.481 e. The molecule has 0 fully saturated rings. The number of carboxylic acids is 1. The summed E-state index contributed by atoms with van der Waals surface area (Å²) in [6.07, 6.45) is 2.82. The highest BCUT2D eigenvalue weighted by Gasteiger charge is 2.13. The molecule has 0 aromatic carbocycles. The number of thioether (sulfide) groups is 1. The Hall–Kier alpha value is -1.71. The average Bonchev–Trinajstić information content (AvgIpc) is 2.84. The van der Waals surface area contributed by atoms with Gasteiger partial charge in [-0.05, 0) is 6.07 Å². The van der Waals surface area contributed by atoms with Gasteiger partial charge in [-0.1, -0.05) is 34.7 Å². The molecule has 10 heteroatoms. The molecule has 2 N–H and O–H groups in total. The van der Waals surface area contributed by atoms with E-state index in [1.165, 1.54) is 18.5 Å². The molecule has 0 bridgehead atoms. The maximum atomic E-state index is 11.9. The van der Waals surface area contributed by atoms with Crippen molar-refractivity contribution in [1.29, 1.82) is 0 Å². The number of rotatable bonds is 5. The Balaban J connectivity index is 2.02. The van der Waals surface area contributed by atoms with Gasteiger partial charge < -0.3 is 5.11 Å². The number of aliphatic carboxylic acids is 1. The first-order valence-corrected chi connectivity index (χ1v) is 7.33. The van der Waals surface area contributed by atoms with Crippen LogP contribution >= 0.6 is 34.7 Å². The summed E-state index contributed by atoms with van der Waals surface area (Å²) in [7, 11) is 0. The van der Waals surface area contributed by atoms with Crippen molar-refractivity contribution in [1.82, 2.24) is 15.2 Å². The molecule has 2 rings (SSSR count). The molecule has 20 heavy (non-hydrogen) atoms. The van der Waals surface area contributed by atoms with Gasteiger partial charge in [-0.25, -0.2) is 0 Å². The first kappa shape index (κ1) is 14.7. The van der Waals surface area contributed by atoms with E-state index in [0.29, 0.717) is 4.34 Å². The summed E-state index contributed by atoms with van der Waals surface area (Å²) in [6.45, 7) is 0. The van der Waals surface area contributed by atoms with E-state index >= 15 is 0 Å². The Labute approximate surface area is 126 Å². The highest BCUT2D eigenvalue weighted by Crippen LogP contribution is 2.26. The summed E-state index contributed by atoms with van der Waals surface area (Å²) in [6, 6.07) is 1.48. The summed E-state index contributed by atoms with van der Waals surface area (Å²) < 4.78 is 0.462. The van der Waals surface area contributed by atoms with Crippen molar-refractivity contribution in [2.75, 3.05) is 11.1 Å². The standard InChI is InChI=1S/C10H7ClN4O3S2/c11-6-3-12-2-1-5(6)8(18)13-9-14-15-10(20-9)19-4-7(16)17/h1-3H,4H2,(H,16,17)(H,13,14,18). The molecule has 0 saturated heterocycles. The minimum absolute atomic E-state index is 0.112. The van der Waals surface area contributed by atoms with E-state index in [4.69, 9.17) is 16.7 Å². The van der Waals surface area contributed by atoms with Crippen molar-refractivity contribution >= 4 is 51.7 Å². The minimum atomic E-state index is -0.945. The van der Waals surface area contributed by atoms with E-state index in [0.717, 1.165) is 23.1 Å². The number of pyridine rings is 1. The van der Waals surface area contributed by atoms with Crippen LogP contribution in [0.3, 0.4) is 0 Å². The molecule has 0 aliphatic rings. The van der Waals surface area contributed by atoms with Crippen molar-refractivity contribution in [2.24, 2.45) is 0 Å². The predicted octanol–water partition coefficient (Wildman–Crippen LogP) is 2.02. The van der Waals surface area contributed by atoms with Crippen LogP contribution < -0.4 is 5.32 Å². The quantitative estimate of drug-likeness (QED) is 0.638. The fourth-order valence-electron chi connectivity index (χ4n) is 1.17. The fourth-order valence-corrected chi connectivity index (χ4v) is 2.84. The molecule has 0 spiro atoms. The number of carboxylic acid groups (broad SMARTS) is 1. The molecule has 0 unspecified atom stereocenters. The highest BCUT2D eigenvalue weighted by molar-refractivity contribution is 8.01. The molecule has 0 saturated carbocycles. The van der Waals surface area contributed by atoms with Crippen LogP contribution in [-0.4, -0.2) is 37.9 Å². The monoisotopic (exact) mass is 330 g/mol. The lowest BCUT2D eigenvalue weighted by Gasteiger charge is -2.02. The van der Waals surface area contributed by atoms with Crippen LogP contribution in [0.4, 0.5) is 5.13 Å². The number of halogens is 1. The molecule has 104 valence electrons. The number of nitrogens with zero attached hydrogens (tertiary/aromatic N) is 3. The highest BCUT2D eigenvalue weighted by atomic mass is 35.5. The van der Waals surface area contributed by atoms with Crippen molar-refractivity contribution in [2.45, 2.75) is 4.34 Å². The summed E-state index contributed by atoms with van der Waals surface area (Å²) in [4.78, 5) is 26.1. The smallest absolute Gasteiger partial charge is 0.313 e. The Bertz CT molecular complexity index is 649. The number of aromatic nitrogens is 3. The predicted molar refractivity (Wildman–Crippen MR) is 75.5 cm³/mol. The summed E-state index contributed by atoms with van der Waals surface area (Å²) in [5, 5.41) is 19.1. The van der Waals surface area contributed by atoms with E-state index < -0.39 is 11.9 Å². The molecular weight excluding hydrogens is 324 g/mol. The van der Waals surface area contributed by atoms with Gasteiger partial charge in [0.2, 0.25) is 5.13 Å². The van der Waals surface area contributed by atoms with Crippen LogP contribution in [0.25, 0.3) is 0 Å². The maximum absolute atomic E-state index is 11.9. The topological polar surface area (TPSA) is 105 Å². The van der Waals surface area contributed by atoms with Crippen molar-refractivity contribution < 1.29 is 14.7 Å². The number of anilines is 1. The summed E-state index contributed by atoms with van der Waals surface area (Å²) in [5.41, 5.74) is 0.275. The fraction of sp³-hybridized carbons (Fsp3) is 0.100. The number of nitrogens with one attached hydrogen (secondary N) is 1. The second kappa shape index (κ2) is 6.64. The lowest BCUT2D eigenvalue weighted by molar-refractivity contribution is -0.133. The van der Waals surface area contributed by atoms with Gasteiger partial charge in [0, 0.05) is 12.4 Å². The third-order valence-corrected chi connectivity index (χ3v) is 4.22. The first-order chi connectivity index (χ1) is 9.56. The van der Waals surface area contributed by atoms with Gasteiger partial charge in [-0.3, -0.25) is 19.9 Å². The number of hydrogen-bond acceptors (Lipinski definition) is 7. The lowest BCUT2D eigenvalue weighted by atomic mass is 10.2. The van der Waals surface area contributed by atoms with Gasteiger partial charge >= 0.3 is 5.97 Å². The Kier molecular flexibility index (Phi) is 4.88. The van der Waals surface area contributed by atoms with Crippen LogP contribution in [0.1, 0.15) is 10.4 Å². The Morgan fingerprint density at radius 2 is 2.25 bits per heavy atom. The van der Waals surface area contributed by atoms with Gasteiger partial charge in [0.25, 0.3) is 5.91 Å². The molecule has 0 aliphatic heterocycles. The number of carbonyl (C=O) groups excluding carboxylic acids is 1. The van der Waals surface area contributed by atoms with Crippen LogP contribution in [0.2, 0.25) is 5.02 Å². The Morgan fingerprint density at radius 3 is 2.95 bits per heavy atom. The lowest BCUT2D eigenvalue weighted by Crippen LogP contribution is -2.12. The average molecular weight is 331 g/mol. The van der Waals surface area contributed by atoms with Crippen LogP contribution in [-0.2, 0) is 4.79 Å². The molecule has 2 heterocycles. The molecule has 0 atom stereocenters. The molecule has 2 aromatic rings. The molecule has 1 amide bonds. The van der Waals surface area contributed by atoms with Gasteiger partial charge in [-0.15, -0.1) is 10.2 Å². The van der Waals surface area contributed by atoms with Crippen molar-refractivity contribution in [3.63, 3.8) is 0 Å². The van der Waals surface area contributed by atoms with Gasteiger partial charge in [0.05, 0.1) is 16.3 Å². The zero-order chi connectivity index (χ0) is 14.5. The van der Waals surface area contributed by atoms with E-state index in [1.54, 1.807) is 0 Å². The van der Waals surface area contributed by atoms with Crippen LogP contribution in [0.5, 0.6) is 0 Å². The SMILES string of the molecule is O=C(O)CSc1nnc(NC(=O)c2ccncc2Cl)s1. The normalized spacial score (nSPS) is 10.2. The molecule has 0 radical (unpaired) electrons. The third kappa shape index (κ3) is 3.89. The van der Waals surface area contributed by atoms with Crippen molar-refractivity contribution in [3.8, 4) is 0 Å². The second-order valence-corrected chi connectivity index (χ2v) is 5.97. The maximum Gasteiger partial charge on any atom is 0.313 e. The molecule has 0 aliphatic carbocycles. The van der Waals surface area contributed by atoms with Crippen molar-refractivity contribution in [3.05, 3.63) is 29.0 Å². The molecule has 2 aromatic heterocycles.